The fraction of sp³-hybridized carbons (Fsp3) is 0. The number of anilines is 1. The first-order valence-electron chi connectivity index (χ1n) is 8.46. The molecule has 3 N–H and O–H groups in total. The summed E-state index contributed by atoms with van der Waals surface area (Å²) in [6.07, 6.45) is 1.74. The fourth-order valence-corrected chi connectivity index (χ4v) is 3.98. The summed E-state index contributed by atoms with van der Waals surface area (Å²) < 4.78 is 22.7. The molecule has 0 aliphatic heterocycles. The molecule has 0 aliphatic rings. The summed E-state index contributed by atoms with van der Waals surface area (Å²) >= 11 is 6.61. The van der Waals surface area contributed by atoms with Gasteiger partial charge in [0.15, 0.2) is 0 Å². The maximum atomic E-state index is 11.3. The highest BCUT2D eigenvalue weighted by atomic mass is 35.5. The van der Waals surface area contributed by atoms with Crippen molar-refractivity contribution in [1.82, 2.24) is 0 Å². The molecule has 0 aromatic heterocycles. The standard InChI is InChI=1S/C21H16ClN3O2S/c22-21-18-7-3-1-5-16(18)20(17-6-2-4-8-19(17)21)13-24-25-14-9-11-15(12-10-14)28(23,26)27/h1-13,25H,(H2,23,26,27)/b24-13+. The number of nitrogens with one attached hydrogen (secondary N) is 1. The normalized spacial score (nSPS) is 12.1. The molecule has 0 unspecified atom stereocenters. The first kappa shape index (κ1) is 18.4. The van der Waals surface area contributed by atoms with Crippen LogP contribution in [0.3, 0.4) is 0 Å². The third-order valence-electron chi connectivity index (χ3n) is 4.48. The van der Waals surface area contributed by atoms with Gasteiger partial charge in [0.05, 0.1) is 21.8 Å². The highest BCUT2D eigenvalue weighted by molar-refractivity contribution is 7.89. The SMILES string of the molecule is NS(=O)(=O)c1ccc(N/N=C/c2c3ccccc3c(Cl)c3ccccc23)cc1. The Morgan fingerprint density at radius 2 is 1.32 bits per heavy atom. The monoisotopic (exact) mass is 409 g/mol. The van der Waals surface area contributed by atoms with Crippen molar-refractivity contribution in [1.29, 1.82) is 0 Å². The van der Waals surface area contributed by atoms with Crippen LogP contribution in [-0.4, -0.2) is 14.6 Å². The Balaban J connectivity index is 1.74. The number of hydrogen-bond donors (Lipinski definition) is 2. The fourth-order valence-electron chi connectivity index (χ4n) is 3.14. The molecule has 0 spiro atoms. The molecule has 0 radical (unpaired) electrons. The van der Waals surface area contributed by atoms with E-state index in [-0.39, 0.29) is 4.90 Å². The van der Waals surface area contributed by atoms with E-state index in [1.807, 2.05) is 48.5 Å². The van der Waals surface area contributed by atoms with Crippen LogP contribution in [0.4, 0.5) is 5.69 Å². The molecule has 0 heterocycles. The summed E-state index contributed by atoms with van der Waals surface area (Å²) in [5, 5.41) is 14.1. The van der Waals surface area contributed by atoms with Gasteiger partial charge in [-0.2, -0.15) is 5.10 Å². The summed E-state index contributed by atoms with van der Waals surface area (Å²) in [6, 6.07) is 21.9. The predicted molar refractivity (Wildman–Crippen MR) is 115 cm³/mol. The van der Waals surface area contributed by atoms with Gasteiger partial charge in [0.1, 0.15) is 0 Å². The van der Waals surface area contributed by atoms with E-state index in [2.05, 4.69) is 10.5 Å². The van der Waals surface area contributed by atoms with E-state index in [0.29, 0.717) is 5.69 Å². The Morgan fingerprint density at radius 3 is 1.82 bits per heavy atom. The second kappa shape index (κ2) is 7.24. The topological polar surface area (TPSA) is 84.5 Å². The number of nitrogens with zero attached hydrogens (tertiary/aromatic N) is 1. The van der Waals surface area contributed by atoms with E-state index in [0.717, 1.165) is 32.1 Å². The number of benzene rings is 4. The molecule has 140 valence electrons. The van der Waals surface area contributed by atoms with Crippen molar-refractivity contribution in [2.75, 3.05) is 5.43 Å². The quantitative estimate of drug-likeness (QED) is 0.290. The average molecular weight is 410 g/mol. The van der Waals surface area contributed by atoms with Gasteiger partial charge in [-0.25, -0.2) is 13.6 Å². The molecule has 0 saturated heterocycles. The third-order valence-corrected chi connectivity index (χ3v) is 5.81. The minimum Gasteiger partial charge on any atom is -0.279 e. The first-order chi connectivity index (χ1) is 13.4. The van der Waals surface area contributed by atoms with Crippen molar-refractivity contribution in [3.8, 4) is 0 Å². The summed E-state index contributed by atoms with van der Waals surface area (Å²) in [5.74, 6) is 0. The highest BCUT2D eigenvalue weighted by Gasteiger charge is 2.11. The second-order valence-corrected chi connectivity index (χ2v) is 8.20. The van der Waals surface area contributed by atoms with Crippen molar-refractivity contribution >= 4 is 55.1 Å². The molecule has 7 heteroatoms. The zero-order valence-corrected chi connectivity index (χ0v) is 16.2. The molecule has 0 atom stereocenters. The molecule has 4 rings (SSSR count). The molecule has 0 fully saturated rings. The largest absolute Gasteiger partial charge is 0.279 e. The molecular formula is C21H16ClN3O2S. The van der Waals surface area contributed by atoms with Gasteiger partial charge < -0.3 is 0 Å². The van der Waals surface area contributed by atoms with Gasteiger partial charge in [-0.3, -0.25) is 5.43 Å². The first-order valence-corrected chi connectivity index (χ1v) is 10.4. The summed E-state index contributed by atoms with van der Waals surface area (Å²) in [4.78, 5) is 0.0525. The Labute approximate surface area is 167 Å². The van der Waals surface area contributed by atoms with Gasteiger partial charge in [-0.15, -0.1) is 0 Å². The lowest BCUT2D eigenvalue weighted by atomic mass is 9.97. The molecule has 0 aliphatic carbocycles. The molecular weight excluding hydrogens is 394 g/mol. The second-order valence-electron chi connectivity index (χ2n) is 6.26. The van der Waals surface area contributed by atoms with E-state index < -0.39 is 10.0 Å². The Bertz CT molecular complexity index is 1260. The van der Waals surface area contributed by atoms with E-state index in [1.54, 1.807) is 18.3 Å². The van der Waals surface area contributed by atoms with E-state index >= 15 is 0 Å². The van der Waals surface area contributed by atoms with Crippen molar-refractivity contribution in [2.45, 2.75) is 4.90 Å². The Kier molecular flexibility index (Phi) is 4.77. The zero-order chi connectivity index (χ0) is 19.7. The van der Waals surface area contributed by atoms with Gasteiger partial charge in [0.25, 0.3) is 0 Å². The van der Waals surface area contributed by atoms with Crippen molar-refractivity contribution in [3.63, 3.8) is 0 Å². The molecule has 4 aromatic carbocycles. The van der Waals surface area contributed by atoms with Gasteiger partial charge in [0, 0.05) is 16.3 Å². The Hall–Kier alpha value is -2.93. The van der Waals surface area contributed by atoms with Gasteiger partial charge >= 0.3 is 0 Å². The molecule has 28 heavy (non-hydrogen) atoms. The highest BCUT2D eigenvalue weighted by Crippen LogP contribution is 2.35. The van der Waals surface area contributed by atoms with E-state index in [4.69, 9.17) is 16.7 Å². The van der Waals surface area contributed by atoms with Crippen LogP contribution in [0.15, 0.2) is 82.8 Å². The van der Waals surface area contributed by atoms with Crippen LogP contribution in [-0.2, 0) is 10.0 Å². The number of hydrazone groups is 1. The number of rotatable bonds is 4. The molecule has 0 bridgehead atoms. The molecule has 5 nitrogen and oxygen atoms in total. The lowest BCUT2D eigenvalue weighted by Crippen LogP contribution is -2.11. The number of primary sulfonamides is 1. The van der Waals surface area contributed by atoms with E-state index in [9.17, 15) is 8.42 Å². The van der Waals surface area contributed by atoms with Crippen molar-refractivity contribution in [2.24, 2.45) is 10.2 Å². The maximum Gasteiger partial charge on any atom is 0.238 e. The van der Waals surface area contributed by atoms with Crippen LogP contribution in [0.25, 0.3) is 21.5 Å². The van der Waals surface area contributed by atoms with E-state index in [1.165, 1.54) is 12.1 Å². The lowest BCUT2D eigenvalue weighted by Gasteiger charge is -2.10. The zero-order valence-electron chi connectivity index (χ0n) is 14.6. The maximum absolute atomic E-state index is 11.3. The summed E-state index contributed by atoms with van der Waals surface area (Å²) in [5.41, 5.74) is 4.51. The third kappa shape index (κ3) is 3.45. The van der Waals surface area contributed by atoms with Gasteiger partial charge in [-0.05, 0) is 35.0 Å². The molecule has 0 amide bonds. The number of nitrogens with two attached hydrogens (primary N) is 1. The van der Waals surface area contributed by atoms with Crippen LogP contribution in [0, 0.1) is 0 Å². The number of fused-ring (bicyclic) bond motifs is 2. The van der Waals surface area contributed by atoms with Crippen LogP contribution >= 0.6 is 11.6 Å². The average Bonchev–Trinajstić information content (AvgIpc) is 2.70. The molecule has 0 saturated carbocycles. The Morgan fingerprint density at radius 1 is 0.821 bits per heavy atom. The van der Waals surface area contributed by atoms with Crippen LogP contribution < -0.4 is 10.6 Å². The van der Waals surface area contributed by atoms with Crippen LogP contribution in [0.1, 0.15) is 5.56 Å². The van der Waals surface area contributed by atoms with Crippen molar-refractivity contribution in [3.05, 3.63) is 83.4 Å². The van der Waals surface area contributed by atoms with Crippen LogP contribution in [0.5, 0.6) is 0 Å². The van der Waals surface area contributed by atoms with Crippen molar-refractivity contribution < 1.29 is 8.42 Å². The summed E-state index contributed by atoms with van der Waals surface area (Å²) in [6.45, 7) is 0. The minimum absolute atomic E-state index is 0.0525. The van der Waals surface area contributed by atoms with Gasteiger partial charge in [0.2, 0.25) is 10.0 Å². The number of hydrogen-bond acceptors (Lipinski definition) is 4. The number of halogens is 1. The van der Waals surface area contributed by atoms with Gasteiger partial charge in [-0.1, -0.05) is 60.1 Å². The summed E-state index contributed by atoms with van der Waals surface area (Å²) in [7, 11) is -3.71. The van der Waals surface area contributed by atoms with Crippen LogP contribution in [0.2, 0.25) is 5.02 Å². The minimum atomic E-state index is -3.71. The lowest BCUT2D eigenvalue weighted by molar-refractivity contribution is 0.598. The number of sulfonamides is 1. The smallest absolute Gasteiger partial charge is 0.238 e. The molecule has 4 aromatic rings. The predicted octanol–water partition coefficient (Wildman–Crippen LogP) is 4.74.